The molecule has 1 aromatic rings. The standard InChI is InChI=1S/C16H19ClN4O3/c17-14-11(2-1-9-3-4-24-8-9)15(21-16(18)20-14)19-12-5-10(7-22)6-13(12)23/h8,10,12-13,22-23H,3-7H2,(H3,18,19,20,21)/t10-,12+,13+/m0/s1. The van der Waals surface area contributed by atoms with E-state index in [2.05, 4.69) is 27.1 Å². The molecule has 5 N–H and O–H groups in total. The number of aliphatic hydroxyl groups is 2. The molecule has 0 amide bonds. The molecule has 24 heavy (non-hydrogen) atoms. The number of ether oxygens (including phenoxy) is 1. The second-order valence-electron chi connectivity index (χ2n) is 5.95. The summed E-state index contributed by atoms with van der Waals surface area (Å²) in [5.74, 6) is 6.43. The van der Waals surface area contributed by atoms with Crippen LogP contribution < -0.4 is 11.1 Å². The number of anilines is 2. The van der Waals surface area contributed by atoms with Crippen molar-refractivity contribution in [3.8, 4) is 11.8 Å². The fourth-order valence-corrected chi connectivity index (χ4v) is 3.11. The van der Waals surface area contributed by atoms with E-state index in [0.717, 1.165) is 12.0 Å². The van der Waals surface area contributed by atoms with Gasteiger partial charge in [-0.15, -0.1) is 0 Å². The van der Waals surface area contributed by atoms with Crippen molar-refractivity contribution in [2.24, 2.45) is 5.92 Å². The van der Waals surface area contributed by atoms with E-state index in [4.69, 9.17) is 22.1 Å². The van der Waals surface area contributed by atoms with Gasteiger partial charge in [-0.1, -0.05) is 23.4 Å². The number of nitrogen functional groups attached to an aromatic ring is 1. The number of hydrogen-bond donors (Lipinski definition) is 4. The first-order chi connectivity index (χ1) is 11.6. The molecule has 1 aliphatic heterocycles. The van der Waals surface area contributed by atoms with Crippen LogP contribution in [-0.4, -0.2) is 45.5 Å². The lowest BCUT2D eigenvalue weighted by atomic mass is 10.1. The minimum Gasteiger partial charge on any atom is -0.500 e. The van der Waals surface area contributed by atoms with E-state index in [1.165, 1.54) is 0 Å². The van der Waals surface area contributed by atoms with Gasteiger partial charge in [0.2, 0.25) is 5.95 Å². The monoisotopic (exact) mass is 350 g/mol. The number of nitrogens with one attached hydrogen (secondary N) is 1. The Balaban J connectivity index is 1.86. The van der Waals surface area contributed by atoms with Crippen LogP contribution in [0.2, 0.25) is 5.15 Å². The summed E-state index contributed by atoms with van der Waals surface area (Å²) < 4.78 is 5.15. The Morgan fingerprint density at radius 2 is 2.21 bits per heavy atom. The average Bonchev–Trinajstić information content (AvgIpc) is 3.16. The van der Waals surface area contributed by atoms with Crippen molar-refractivity contribution in [1.29, 1.82) is 0 Å². The third kappa shape index (κ3) is 3.73. The molecule has 7 nitrogen and oxygen atoms in total. The van der Waals surface area contributed by atoms with Gasteiger partial charge in [0.15, 0.2) is 5.15 Å². The molecule has 1 aromatic heterocycles. The van der Waals surface area contributed by atoms with Crippen LogP contribution in [0.25, 0.3) is 0 Å². The Hall–Kier alpha value is -2.01. The van der Waals surface area contributed by atoms with Crippen LogP contribution in [0.4, 0.5) is 11.8 Å². The maximum absolute atomic E-state index is 10.1. The smallest absolute Gasteiger partial charge is 0.223 e. The van der Waals surface area contributed by atoms with E-state index in [9.17, 15) is 10.2 Å². The zero-order valence-corrected chi connectivity index (χ0v) is 13.8. The minimum absolute atomic E-state index is 0.0302. The second-order valence-corrected chi connectivity index (χ2v) is 6.31. The lowest BCUT2D eigenvalue weighted by molar-refractivity contribution is 0.157. The Morgan fingerprint density at radius 3 is 2.88 bits per heavy atom. The molecule has 0 saturated heterocycles. The van der Waals surface area contributed by atoms with Gasteiger partial charge in [0.25, 0.3) is 0 Å². The molecule has 3 atom stereocenters. The van der Waals surface area contributed by atoms with Crippen LogP contribution in [0.5, 0.6) is 0 Å². The highest BCUT2D eigenvalue weighted by atomic mass is 35.5. The number of hydrogen-bond acceptors (Lipinski definition) is 7. The normalized spacial score (nSPS) is 25.6. The molecule has 0 radical (unpaired) electrons. The maximum Gasteiger partial charge on any atom is 0.223 e. The van der Waals surface area contributed by atoms with Crippen LogP contribution in [0.1, 0.15) is 24.8 Å². The number of halogens is 1. The van der Waals surface area contributed by atoms with Gasteiger partial charge in [-0.3, -0.25) is 0 Å². The molecule has 128 valence electrons. The highest BCUT2D eigenvalue weighted by molar-refractivity contribution is 6.31. The van der Waals surface area contributed by atoms with Crippen molar-refractivity contribution in [1.82, 2.24) is 9.97 Å². The van der Waals surface area contributed by atoms with Crippen LogP contribution >= 0.6 is 11.6 Å². The fourth-order valence-electron chi connectivity index (χ4n) is 2.88. The van der Waals surface area contributed by atoms with Crippen molar-refractivity contribution < 1.29 is 14.9 Å². The third-order valence-corrected chi connectivity index (χ3v) is 4.43. The van der Waals surface area contributed by atoms with Crippen LogP contribution in [-0.2, 0) is 4.74 Å². The molecular weight excluding hydrogens is 332 g/mol. The molecular formula is C16H19ClN4O3. The molecule has 2 aliphatic rings. The van der Waals surface area contributed by atoms with Gasteiger partial charge < -0.3 is 26.0 Å². The molecule has 0 aromatic carbocycles. The van der Waals surface area contributed by atoms with E-state index >= 15 is 0 Å². The van der Waals surface area contributed by atoms with E-state index in [0.29, 0.717) is 30.8 Å². The first kappa shape index (κ1) is 16.8. The zero-order valence-electron chi connectivity index (χ0n) is 13.0. The van der Waals surface area contributed by atoms with Crippen molar-refractivity contribution in [2.45, 2.75) is 31.4 Å². The summed E-state index contributed by atoms with van der Waals surface area (Å²) >= 11 is 6.17. The largest absolute Gasteiger partial charge is 0.500 e. The van der Waals surface area contributed by atoms with Crippen molar-refractivity contribution in [2.75, 3.05) is 24.3 Å². The van der Waals surface area contributed by atoms with Crippen molar-refractivity contribution >= 4 is 23.4 Å². The maximum atomic E-state index is 10.1. The SMILES string of the molecule is Nc1nc(Cl)c(C#CC2=COCC2)c(N[C@@H]2C[C@H](CO)C[C@H]2O)n1. The topological polar surface area (TPSA) is 114 Å². The summed E-state index contributed by atoms with van der Waals surface area (Å²) in [6.45, 7) is 0.667. The minimum atomic E-state index is -0.580. The number of rotatable bonds is 3. The molecule has 1 saturated carbocycles. The Kier molecular flexibility index (Phi) is 5.09. The lowest BCUT2D eigenvalue weighted by Crippen LogP contribution is -2.29. The highest BCUT2D eigenvalue weighted by Crippen LogP contribution is 2.30. The third-order valence-electron chi connectivity index (χ3n) is 4.15. The van der Waals surface area contributed by atoms with Gasteiger partial charge in [0.1, 0.15) is 11.4 Å². The Bertz CT molecular complexity index is 713. The predicted octanol–water partition coefficient (Wildman–Crippen LogP) is 0.912. The molecule has 0 unspecified atom stereocenters. The van der Waals surface area contributed by atoms with Gasteiger partial charge in [0, 0.05) is 18.6 Å². The number of nitrogens with two attached hydrogens (primary N) is 1. The van der Waals surface area contributed by atoms with Gasteiger partial charge >= 0.3 is 0 Å². The zero-order chi connectivity index (χ0) is 17.1. The highest BCUT2D eigenvalue weighted by Gasteiger charge is 2.33. The molecule has 0 bridgehead atoms. The van der Waals surface area contributed by atoms with Gasteiger partial charge in [0.05, 0.1) is 25.0 Å². The number of aliphatic hydroxyl groups excluding tert-OH is 2. The first-order valence-electron chi connectivity index (χ1n) is 7.78. The fraction of sp³-hybridized carbons (Fsp3) is 0.500. The summed E-state index contributed by atoms with van der Waals surface area (Å²) in [6.07, 6.45) is 2.96. The van der Waals surface area contributed by atoms with Gasteiger partial charge in [-0.05, 0) is 18.8 Å². The number of aromatic nitrogens is 2. The lowest BCUT2D eigenvalue weighted by Gasteiger charge is -2.18. The Labute approximate surface area is 144 Å². The molecule has 2 heterocycles. The van der Waals surface area contributed by atoms with E-state index in [1.807, 2.05) is 0 Å². The Morgan fingerprint density at radius 1 is 1.38 bits per heavy atom. The second kappa shape index (κ2) is 7.26. The average molecular weight is 351 g/mol. The molecule has 0 spiro atoms. The quantitative estimate of drug-likeness (QED) is 0.473. The van der Waals surface area contributed by atoms with Crippen LogP contribution in [0.15, 0.2) is 11.8 Å². The summed E-state index contributed by atoms with van der Waals surface area (Å²) in [6, 6.07) is -0.248. The van der Waals surface area contributed by atoms with E-state index in [-0.39, 0.29) is 29.7 Å². The predicted molar refractivity (Wildman–Crippen MR) is 90.2 cm³/mol. The molecule has 1 fully saturated rings. The summed E-state index contributed by atoms with van der Waals surface area (Å²) in [5, 5.41) is 22.7. The van der Waals surface area contributed by atoms with Crippen molar-refractivity contribution in [3.63, 3.8) is 0 Å². The molecule has 1 aliphatic carbocycles. The van der Waals surface area contributed by atoms with Gasteiger partial charge in [-0.25, -0.2) is 0 Å². The van der Waals surface area contributed by atoms with Crippen molar-refractivity contribution in [3.05, 3.63) is 22.6 Å². The first-order valence-corrected chi connectivity index (χ1v) is 8.15. The number of nitrogens with zero attached hydrogens (tertiary/aromatic N) is 2. The summed E-state index contributed by atoms with van der Waals surface area (Å²) in [5.41, 5.74) is 6.98. The van der Waals surface area contributed by atoms with E-state index < -0.39 is 6.10 Å². The summed E-state index contributed by atoms with van der Waals surface area (Å²) in [7, 11) is 0. The van der Waals surface area contributed by atoms with Gasteiger partial charge in [-0.2, -0.15) is 9.97 Å². The van der Waals surface area contributed by atoms with Crippen LogP contribution in [0.3, 0.4) is 0 Å². The summed E-state index contributed by atoms with van der Waals surface area (Å²) in [4.78, 5) is 8.11. The molecule has 3 rings (SSSR count). The van der Waals surface area contributed by atoms with E-state index in [1.54, 1.807) is 6.26 Å². The molecule has 8 heteroatoms. The van der Waals surface area contributed by atoms with Crippen LogP contribution in [0, 0.1) is 17.8 Å².